The van der Waals surface area contributed by atoms with Gasteiger partial charge in [-0.15, -0.1) is 11.3 Å². The van der Waals surface area contributed by atoms with Gasteiger partial charge >= 0.3 is 0 Å². The van der Waals surface area contributed by atoms with Crippen LogP contribution in [0.3, 0.4) is 0 Å². The van der Waals surface area contributed by atoms with Gasteiger partial charge in [0.15, 0.2) is 4.34 Å². The predicted molar refractivity (Wildman–Crippen MR) is 76.8 cm³/mol. The summed E-state index contributed by atoms with van der Waals surface area (Å²) in [6, 6.07) is 0. The highest BCUT2D eigenvalue weighted by molar-refractivity contribution is 8.01. The van der Waals surface area contributed by atoms with Gasteiger partial charge in [0.05, 0.1) is 11.2 Å². The van der Waals surface area contributed by atoms with Crippen LogP contribution in [-0.2, 0) is 0 Å². The molecular formula is C11H13ClN4S2. The molecule has 1 N–H and O–H groups in total. The number of aryl methyl sites for hydroxylation is 1. The van der Waals surface area contributed by atoms with Crippen LogP contribution in [0.4, 0.5) is 5.95 Å². The normalized spacial score (nSPS) is 10.6. The average molecular weight is 301 g/mol. The molecule has 0 unspecified atom stereocenters. The van der Waals surface area contributed by atoms with Gasteiger partial charge < -0.3 is 5.32 Å². The molecule has 0 aliphatic rings. The fraction of sp³-hybridized carbons (Fsp3) is 0.364. The van der Waals surface area contributed by atoms with Crippen molar-refractivity contribution >= 4 is 40.6 Å². The van der Waals surface area contributed by atoms with Crippen molar-refractivity contribution in [1.29, 1.82) is 0 Å². The fourth-order valence-electron chi connectivity index (χ4n) is 1.21. The highest BCUT2D eigenvalue weighted by Crippen LogP contribution is 2.33. The molecule has 0 fully saturated rings. The summed E-state index contributed by atoms with van der Waals surface area (Å²) >= 11 is 9.15. The summed E-state index contributed by atoms with van der Waals surface area (Å²) in [7, 11) is 0. The van der Waals surface area contributed by atoms with Crippen LogP contribution < -0.4 is 5.32 Å². The van der Waals surface area contributed by atoms with Gasteiger partial charge in [-0.1, -0.05) is 18.5 Å². The zero-order valence-corrected chi connectivity index (χ0v) is 12.5. The lowest BCUT2D eigenvalue weighted by molar-refractivity contribution is 0.935. The first-order valence-electron chi connectivity index (χ1n) is 5.55. The third-order valence-corrected chi connectivity index (χ3v) is 4.48. The first kappa shape index (κ1) is 13.6. The van der Waals surface area contributed by atoms with Crippen LogP contribution in [0.1, 0.15) is 19.0 Å². The second-order valence-electron chi connectivity index (χ2n) is 3.63. The molecule has 2 aromatic heterocycles. The van der Waals surface area contributed by atoms with E-state index in [-0.39, 0.29) is 0 Å². The van der Waals surface area contributed by atoms with Gasteiger partial charge in [-0.05, 0) is 25.1 Å². The molecule has 2 rings (SSSR count). The quantitative estimate of drug-likeness (QED) is 0.850. The summed E-state index contributed by atoms with van der Waals surface area (Å²) in [4.78, 5) is 12.9. The van der Waals surface area contributed by atoms with E-state index in [0.29, 0.717) is 11.0 Å². The molecule has 7 heteroatoms. The number of aromatic nitrogens is 3. The van der Waals surface area contributed by atoms with Crippen molar-refractivity contribution in [3.63, 3.8) is 0 Å². The maximum absolute atomic E-state index is 6.09. The zero-order valence-electron chi connectivity index (χ0n) is 10.1. The minimum atomic E-state index is 0.551. The van der Waals surface area contributed by atoms with Crippen LogP contribution in [0.5, 0.6) is 0 Å². The third-order valence-electron chi connectivity index (χ3n) is 2.03. The van der Waals surface area contributed by atoms with E-state index >= 15 is 0 Å². The molecule has 0 aliphatic carbocycles. The van der Waals surface area contributed by atoms with Crippen LogP contribution in [0.15, 0.2) is 20.9 Å². The van der Waals surface area contributed by atoms with Crippen molar-refractivity contribution in [2.75, 3.05) is 11.9 Å². The Morgan fingerprint density at radius 2 is 2.28 bits per heavy atom. The Morgan fingerprint density at radius 3 is 2.94 bits per heavy atom. The molecule has 0 radical (unpaired) electrons. The van der Waals surface area contributed by atoms with E-state index in [4.69, 9.17) is 11.6 Å². The molecule has 0 bridgehead atoms. The molecule has 0 aliphatic heterocycles. The second kappa shape index (κ2) is 6.36. The van der Waals surface area contributed by atoms with Crippen molar-refractivity contribution in [1.82, 2.24) is 15.0 Å². The van der Waals surface area contributed by atoms with Gasteiger partial charge in [-0.2, -0.15) is 0 Å². The lowest BCUT2D eigenvalue weighted by atomic mass is 10.5. The van der Waals surface area contributed by atoms with Crippen molar-refractivity contribution in [3.8, 4) is 0 Å². The molecule has 0 atom stereocenters. The lowest BCUT2D eigenvalue weighted by Gasteiger charge is -2.05. The molecule has 0 spiro atoms. The van der Waals surface area contributed by atoms with E-state index in [1.54, 1.807) is 17.5 Å². The SMILES string of the molecule is CCCNc1ncc(Cl)c(Sc2nc(C)cs2)n1. The molecule has 96 valence electrons. The van der Waals surface area contributed by atoms with E-state index in [1.807, 2.05) is 12.3 Å². The highest BCUT2D eigenvalue weighted by atomic mass is 35.5. The Bertz CT molecular complexity index is 530. The number of rotatable bonds is 5. The zero-order chi connectivity index (χ0) is 13.0. The number of halogens is 1. The maximum Gasteiger partial charge on any atom is 0.223 e. The second-order valence-corrected chi connectivity index (χ2v) is 6.13. The Morgan fingerprint density at radius 1 is 1.44 bits per heavy atom. The smallest absolute Gasteiger partial charge is 0.223 e. The summed E-state index contributed by atoms with van der Waals surface area (Å²) in [5.74, 6) is 0.608. The van der Waals surface area contributed by atoms with Gasteiger partial charge in [0.25, 0.3) is 0 Å². The van der Waals surface area contributed by atoms with Gasteiger partial charge in [-0.25, -0.2) is 15.0 Å². The molecule has 0 saturated heterocycles. The summed E-state index contributed by atoms with van der Waals surface area (Å²) in [6.45, 7) is 4.91. The first-order valence-corrected chi connectivity index (χ1v) is 7.63. The minimum absolute atomic E-state index is 0.551. The monoisotopic (exact) mass is 300 g/mol. The Kier molecular flexibility index (Phi) is 4.79. The Hall–Kier alpha value is -0.850. The topological polar surface area (TPSA) is 50.7 Å². The van der Waals surface area contributed by atoms with Crippen LogP contribution in [0.2, 0.25) is 5.02 Å². The van der Waals surface area contributed by atoms with Crippen molar-refractivity contribution in [2.45, 2.75) is 29.6 Å². The molecule has 4 nitrogen and oxygen atoms in total. The van der Waals surface area contributed by atoms with Crippen molar-refractivity contribution in [3.05, 3.63) is 22.3 Å². The number of nitrogens with one attached hydrogen (secondary N) is 1. The molecule has 0 saturated carbocycles. The molecule has 2 aromatic rings. The van der Waals surface area contributed by atoms with Crippen molar-refractivity contribution in [2.24, 2.45) is 0 Å². The summed E-state index contributed by atoms with van der Waals surface area (Å²) in [6.07, 6.45) is 2.65. The maximum atomic E-state index is 6.09. The number of anilines is 1. The van der Waals surface area contributed by atoms with Gasteiger partial charge in [0, 0.05) is 17.6 Å². The molecule has 0 amide bonds. The Labute approximate surface area is 119 Å². The predicted octanol–water partition coefficient (Wildman–Crippen LogP) is 3.87. The highest BCUT2D eigenvalue weighted by Gasteiger charge is 2.09. The molecule has 0 aromatic carbocycles. The van der Waals surface area contributed by atoms with Crippen molar-refractivity contribution < 1.29 is 0 Å². The van der Waals surface area contributed by atoms with E-state index in [2.05, 4.69) is 27.2 Å². The van der Waals surface area contributed by atoms with E-state index < -0.39 is 0 Å². The fourth-order valence-corrected chi connectivity index (χ4v) is 3.15. The van der Waals surface area contributed by atoms with Gasteiger partial charge in [0.2, 0.25) is 5.95 Å². The number of hydrogen-bond donors (Lipinski definition) is 1. The minimum Gasteiger partial charge on any atom is -0.354 e. The van der Waals surface area contributed by atoms with E-state index in [9.17, 15) is 0 Å². The average Bonchev–Trinajstić information content (AvgIpc) is 2.76. The summed E-state index contributed by atoms with van der Waals surface area (Å²) in [5, 5.41) is 6.44. The third kappa shape index (κ3) is 3.57. The molecule has 2 heterocycles. The summed E-state index contributed by atoms with van der Waals surface area (Å²) in [5.41, 5.74) is 1.01. The van der Waals surface area contributed by atoms with Crippen LogP contribution in [0, 0.1) is 6.92 Å². The first-order chi connectivity index (χ1) is 8.69. The number of thiazole rings is 1. The van der Waals surface area contributed by atoms with Crippen LogP contribution in [0.25, 0.3) is 0 Å². The largest absolute Gasteiger partial charge is 0.354 e. The van der Waals surface area contributed by atoms with Gasteiger partial charge in [-0.3, -0.25) is 0 Å². The number of nitrogens with zero attached hydrogens (tertiary/aromatic N) is 3. The number of hydrogen-bond acceptors (Lipinski definition) is 6. The molecule has 18 heavy (non-hydrogen) atoms. The van der Waals surface area contributed by atoms with E-state index in [0.717, 1.165) is 28.0 Å². The van der Waals surface area contributed by atoms with Crippen LogP contribution >= 0.6 is 34.7 Å². The van der Waals surface area contributed by atoms with E-state index in [1.165, 1.54) is 11.8 Å². The molecular weight excluding hydrogens is 288 g/mol. The lowest BCUT2D eigenvalue weighted by Crippen LogP contribution is -2.04. The summed E-state index contributed by atoms with van der Waals surface area (Å²) < 4.78 is 0.939. The van der Waals surface area contributed by atoms with Crippen LogP contribution in [-0.4, -0.2) is 21.5 Å². The Balaban J connectivity index is 2.15. The van der Waals surface area contributed by atoms with Gasteiger partial charge in [0.1, 0.15) is 5.03 Å². The standard InChI is InChI=1S/C11H13ClN4S2/c1-3-4-13-10-14-5-8(12)9(16-10)18-11-15-7(2)6-17-11/h5-6H,3-4H2,1-2H3,(H,13,14,16).